The number of aliphatic carboxylic acids is 1. The Morgan fingerprint density at radius 3 is 2.50 bits per heavy atom. The van der Waals surface area contributed by atoms with Gasteiger partial charge < -0.3 is 9.67 Å². The summed E-state index contributed by atoms with van der Waals surface area (Å²) in [4.78, 5) is 15.5. The van der Waals surface area contributed by atoms with E-state index >= 15 is 0 Å². The Morgan fingerprint density at radius 1 is 1.44 bits per heavy atom. The van der Waals surface area contributed by atoms with Crippen molar-refractivity contribution in [2.75, 3.05) is 0 Å². The van der Waals surface area contributed by atoms with E-state index in [0.29, 0.717) is 17.3 Å². The maximum Gasteiger partial charge on any atom is 0.329 e. The molecule has 86 valence electrons. The van der Waals surface area contributed by atoms with Crippen molar-refractivity contribution < 1.29 is 9.90 Å². The maximum absolute atomic E-state index is 11.6. The van der Waals surface area contributed by atoms with E-state index in [9.17, 15) is 9.90 Å². The maximum atomic E-state index is 11.6. The molecule has 4 nitrogen and oxygen atoms in total. The van der Waals surface area contributed by atoms with Crippen LogP contribution in [0.15, 0.2) is 18.7 Å². The predicted octanol–water partition coefficient (Wildman–Crippen LogP) is 1.73. The number of carboxylic acids is 1. The highest BCUT2D eigenvalue weighted by Gasteiger charge is 2.69. The fraction of sp³-hybridized carbons (Fsp3) is 0.667. The lowest BCUT2D eigenvalue weighted by molar-refractivity contribution is -0.148. The van der Waals surface area contributed by atoms with E-state index in [1.807, 2.05) is 0 Å². The van der Waals surface area contributed by atoms with Gasteiger partial charge in [-0.05, 0) is 30.1 Å². The molecule has 0 aliphatic heterocycles. The van der Waals surface area contributed by atoms with E-state index in [4.69, 9.17) is 0 Å². The molecule has 1 N–H and O–H groups in total. The fourth-order valence-corrected chi connectivity index (χ4v) is 3.49. The molecule has 0 spiro atoms. The van der Waals surface area contributed by atoms with Crippen molar-refractivity contribution >= 4 is 5.97 Å². The minimum atomic E-state index is -0.735. The Bertz CT molecular complexity index is 422. The molecule has 2 aliphatic carbocycles. The largest absolute Gasteiger partial charge is 0.479 e. The van der Waals surface area contributed by atoms with Crippen LogP contribution in [0.1, 0.15) is 26.7 Å². The standard InChI is InChI=1S/C12H16N2O2/c1-11(2)8-5-12(10(15)16,6-9(8)11)14-4-3-13-7-14/h3-4,7-9H,5-6H2,1-2H3,(H,15,16). The zero-order valence-electron chi connectivity index (χ0n) is 9.55. The number of carboxylic acid groups (broad SMARTS) is 1. The Morgan fingerprint density at radius 2 is 2.06 bits per heavy atom. The normalized spacial score (nSPS) is 39.4. The quantitative estimate of drug-likeness (QED) is 0.825. The van der Waals surface area contributed by atoms with Gasteiger partial charge in [0.1, 0.15) is 5.54 Å². The lowest BCUT2D eigenvalue weighted by Gasteiger charge is -2.30. The van der Waals surface area contributed by atoms with Gasteiger partial charge in [0.25, 0.3) is 0 Å². The van der Waals surface area contributed by atoms with Gasteiger partial charge in [-0.15, -0.1) is 0 Å². The first-order chi connectivity index (χ1) is 7.48. The van der Waals surface area contributed by atoms with Gasteiger partial charge in [0, 0.05) is 12.4 Å². The van der Waals surface area contributed by atoms with Crippen LogP contribution in [0, 0.1) is 17.3 Å². The van der Waals surface area contributed by atoms with Crippen molar-refractivity contribution in [2.45, 2.75) is 32.2 Å². The van der Waals surface area contributed by atoms with E-state index in [0.717, 1.165) is 12.8 Å². The molecule has 0 bridgehead atoms. The Hall–Kier alpha value is -1.32. The van der Waals surface area contributed by atoms with Crippen molar-refractivity contribution in [2.24, 2.45) is 17.3 Å². The first-order valence-electron chi connectivity index (χ1n) is 5.70. The van der Waals surface area contributed by atoms with Gasteiger partial charge in [0.15, 0.2) is 0 Å². The molecule has 2 fully saturated rings. The summed E-state index contributed by atoms with van der Waals surface area (Å²) in [5, 5.41) is 9.50. The fourth-order valence-electron chi connectivity index (χ4n) is 3.49. The van der Waals surface area contributed by atoms with Gasteiger partial charge in [-0.1, -0.05) is 13.8 Å². The van der Waals surface area contributed by atoms with Gasteiger partial charge in [-0.25, -0.2) is 9.78 Å². The molecule has 2 aliphatic rings. The molecule has 3 rings (SSSR count). The van der Waals surface area contributed by atoms with Crippen LogP contribution in [0.2, 0.25) is 0 Å². The Kier molecular flexibility index (Phi) is 1.65. The van der Waals surface area contributed by atoms with Crippen molar-refractivity contribution in [1.82, 2.24) is 9.55 Å². The number of hydrogen-bond acceptors (Lipinski definition) is 2. The van der Waals surface area contributed by atoms with Crippen molar-refractivity contribution in [3.8, 4) is 0 Å². The summed E-state index contributed by atoms with van der Waals surface area (Å²) >= 11 is 0. The van der Waals surface area contributed by atoms with E-state index in [1.54, 1.807) is 23.3 Å². The number of fused-ring (bicyclic) bond motifs is 1. The number of nitrogens with zero attached hydrogens (tertiary/aromatic N) is 2. The van der Waals surface area contributed by atoms with Crippen LogP contribution >= 0.6 is 0 Å². The van der Waals surface area contributed by atoms with Gasteiger partial charge in [0.2, 0.25) is 0 Å². The van der Waals surface area contributed by atoms with Crippen LogP contribution < -0.4 is 0 Å². The zero-order chi connectivity index (χ0) is 11.6. The van der Waals surface area contributed by atoms with Gasteiger partial charge in [-0.3, -0.25) is 0 Å². The zero-order valence-corrected chi connectivity index (χ0v) is 9.55. The molecule has 0 saturated heterocycles. The molecular formula is C12H16N2O2. The summed E-state index contributed by atoms with van der Waals surface area (Å²) in [6.45, 7) is 4.48. The number of carbonyl (C=O) groups is 1. The van der Waals surface area contributed by atoms with Crippen LogP contribution in [0.3, 0.4) is 0 Å². The Balaban J connectivity index is 1.95. The summed E-state index contributed by atoms with van der Waals surface area (Å²) in [5.74, 6) is 0.408. The van der Waals surface area contributed by atoms with Gasteiger partial charge in [0.05, 0.1) is 6.33 Å². The monoisotopic (exact) mass is 220 g/mol. The molecule has 0 aromatic carbocycles. The Labute approximate surface area is 94.3 Å². The van der Waals surface area contributed by atoms with Crippen LogP contribution in [0.5, 0.6) is 0 Å². The molecule has 16 heavy (non-hydrogen) atoms. The molecular weight excluding hydrogens is 204 g/mol. The molecule has 1 aromatic rings. The molecule has 0 amide bonds. The van der Waals surface area contributed by atoms with Crippen LogP contribution in [-0.2, 0) is 10.3 Å². The summed E-state index contributed by atoms with van der Waals surface area (Å²) in [7, 11) is 0. The van der Waals surface area contributed by atoms with Crippen LogP contribution in [-0.4, -0.2) is 20.6 Å². The lowest BCUT2D eigenvalue weighted by atomic mass is 9.86. The number of hydrogen-bond donors (Lipinski definition) is 1. The molecule has 2 saturated carbocycles. The smallest absolute Gasteiger partial charge is 0.329 e. The second-order valence-corrected chi connectivity index (χ2v) is 5.75. The lowest BCUT2D eigenvalue weighted by Crippen LogP contribution is -2.41. The van der Waals surface area contributed by atoms with E-state index < -0.39 is 11.5 Å². The van der Waals surface area contributed by atoms with Crippen LogP contribution in [0.25, 0.3) is 0 Å². The van der Waals surface area contributed by atoms with Gasteiger partial charge >= 0.3 is 5.97 Å². The average molecular weight is 220 g/mol. The van der Waals surface area contributed by atoms with Crippen molar-refractivity contribution in [1.29, 1.82) is 0 Å². The first kappa shape index (κ1) is 9.87. The third-order valence-electron chi connectivity index (χ3n) is 4.80. The van der Waals surface area contributed by atoms with Crippen LogP contribution in [0.4, 0.5) is 0 Å². The van der Waals surface area contributed by atoms with Gasteiger partial charge in [-0.2, -0.15) is 0 Å². The average Bonchev–Trinajstić information content (AvgIpc) is 2.78. The summed E-state index contributed by atoms with van der Waals surface area (Å²) in [5.41, 5.74) is -0.388. The molecule has 1 aromatic heterocycles. The van der Waals surface area contributed by atoms with Crippen molar-refractivity contribution in [3.05, 3.63) is 18.7 Å². The van der Waals surface area contributed by atoms with E-state index in [1.165, 1.54) is 0 Å². The van der Waals surface area contributed by atoms with E-state index in [-0.39, 0.29) is 0 Å². The number of imidazole rings is 1. The minimum absolute atomic E-state index is 0.347. The summed E-state index contributed by atoms with van der Waals surface area (Å²) in [6, 6.07) is 0. The summed E-state index contributed by atoms with van der Waals surface area (Å²) in [6.07, 6.45) is 6.55. The summed E-state index contributed by atoms with van der Waals surface area (Å²) < 4.78 is 1.78. The molecule has 4 heteroatoms. The third-order valence-corrected chi connectivity index (χ3v) is 4.80. The highest BCUT2D eigenvalue weighted by Crippen LogP contribution is 2.70. The molecule has 2 atom stereocenters. The third kappa shape index (κ3) is 0.996. The van der Waals surface area contributed by atoms with E-state index in [2.05, 4.69) is 18.8 Å². The molecule has 0 radical (unpaired) electrons. The second kappa shape index (κ2) is 2.67. The second-order valence-electron chi connectivity index (χ2n) is 5.75. The molecule has 2 unspecified atom stereocenters. The number of aromatic nitrogens is 2. The minimum Gasteiger partial charge on any atom is -0.479 e. The predicted molar refractivity (Wildman–Crippen MR) is 57.8 cm³/mol. The highest BCUT2D eigenvalue weighted by molar-refractivity contribution is 5.78. The topological polar surface area (TPSA) is 55.1 Å². The van der Waals surface area contributed by atoms with Crippen molar-refractivity contribution in [3.63, 3.8) is 0 Å². The SMILES string of the molecule is CC1(C)C2CC(C(=O)O)(n3ccnc3)CC21. The highest BCUT2D eigenvalue weighted by atomic mass is 16.4. The first-order valence-corrected chi connectivity index (χ1v) is 5.70. The number of rotatable bonds is 2. The molecule has 1 heterocycles.